The Morgan fingerprint density at radius 1 is 1.10 bits per heavy atom. The van der Waals surface area contributed by atoms with Gasteiger partial charge in [-0.3, -0.25) is 9.21 Å². The third-order valence-corrected chi connectivity index (χ3v) is 6.62. The minimum Gasteiger partial charge on any atom is -0.360 e. The molecule has 8 heteroatoms. The van der Waals surface area contributed by atoms with Crippen LogP contribution in [0.15, 0.2) is 65.3 Å². The topological polar surface area (TPSA) is 80.5 Å². The van der Waals surface area contributed by atoms with Crippen LogP contribution in [0.25, 0.3) is 0 Å². The normalized spacial score (nSPS) is 14.0. The lowest BCUT2D eigenvalue weighted by Gasteiger charge is -2.16. The third kappa shape index (κ3) is 4.68. The molecule has 0 unspecified atom stereocenters. The van der Waals surface area contributed by atoms with Crippen LogP contribution in [0.5, 0.6) is 0 Å². The molecule has 3 aromatic rings. The lowest BCUT2D eigenvalue weighted by molar-refractivity contribution is 0.103. The fourth-order valence-corrected chi connectivity index (χ4v) is 4.96. The lowest BCUT2D eigenvalue weighted by Crippen LogP contribution is -2.22. The van der Waals surface area contributed by atoms with Crippen LogP contribution in [0.2, 0.25) is 0 Å². The van der Waals surface area contributed by atoms with Gasteiger partial charge in [0, 0.05) is 23.3 Å². The molecule has 0 atom stereocenters. The summed E-state index contributed by atoms with van der Waals surface area (Å²) in [5, 5.41) is 3.76. The van der Waals surface area contributed by atoms with Gasteiger partial charge in [0.05, 0.1) is 23.2 Å². The van der Waals surface area contributed by atoms with Crippen LogP contribution in [0.3, 0.4) is 0 Å². The molecular weight excluding hydrogens is 412 g/mol. The molecule has 1 fully saturated rings. The molecule has 29 heavy (non-hydrogen) atoms. The van der Waals surface area contributed by atoms with Crippen molar-refractivity contribution >= 4 is 33.1 Å². The Morgan fingerprint density at radius 2 is 1.79 bits per heavy atom. The molecule has 1 aliphatic rings. The zero-order valence-corrected chi connectivity index (χ0v) is 17.1. The van der Waals surface area contributed by atoms with E-state index in [-0.39, 0.29) is 23.3 Å². The second-order valence-electron chi connectivity index (χ2n) is 7.12. The van der Waals surface area contributed by atoms with Gasteiger partial charge in [0.15, 0.2) is 21.4 Å². The number of carbonyl (C=O) groups excluding carboxylic acids is 1. The first kappa shape index (κ1) is 19.7. The Kier molecular flexibility index (Phi) is 5.43. The molecule has 4 rings (SSSR count). The molecule has 0 bridgehead atoms. The predicted octanol–water partition coefficient (Wildman–Crippen LogP) is 4.32. The van der Waals surface area contributed by atoms with Gasteiger partial charge >= 0.3 is 0 Å². The van der Waals surface area contributed by atoms with E-state index < -0.39 is 9.84 Å². The number of nitrogens with zero attached hydrogens (tertiary/aromatic N) is 2. The van der Waals surface area contributed by atoms with Crippen molar-refractivity contribution < 1.29 is 17.7 Å². The molecule has 1 heterocycles. The summed E-state index contributed by atoms with van der Waals surface area (Å²) in [5.41, 5.74) is 2.15. The maximum atomic E-state index is 12.7. The van der Waals surface area contributed by atoms with Crippen LogP contribution in [0.1, 0.15) is 46.0 Å². The second kappa shape index (κ2) is 8.00. The largest absolute Gasteiger partial charge is 0.360 e. The number of sulfone groups is 1. The van der Waals surface area contributed by atoms with E-state index in [2.05, 4.69) is 5.16 Å². The molecule has 0 spiro atoms. The highest BCUT2D eigenvalue weighted by Crippen LogP contribution is 2.42. The van der Waals surface area contributed by atoms with Gasteiger partial charge < -0.3 is 4.52 Å². The number of ketones is 1. The maximum Gasteiger partial charge on any atom is 0.198 e. The van der Waals surface area contributed by atoms with Crippen molar-refractivity contribution in [2.45, 2.75) is 24.5 Å². The van der Waals surface area contributed by atoms with Crippen LogP contribution in [-0.4, -0.2) is 25.2 Å². The van der Waals surface area contributed by atoms with Gasteiger partial charge in [-0.05, 0) is 42.7 Å². The van der Waals surface area contributed by atoms with Crippen molar-refractivity contribution in [3.63, 3.8) is 0 Å². The van der Waals surface area contributed by atoms with Crippen LogP contribution in [-0.2, 0) is 15.6 Å². The molecule has 6 nitrogen and oxygen atoms in total. The van der Waals surface area contributed by atoms with Crippen LogP contribution in [0, 0.1) is 0 Å². The van der Waals surface area contributed by atoms with Gasteiger partial charge in [-0.1, -0.05) is 35.5 Å². The highest BCUT2D eigenvalue weighted by Gasteiger charge is 2.32. The lowest BCUT2D eigenvalue weighted by atomic mass is 10.0. The summed E-state index contributed by atoms with van der Waals surface area (Å²) in [6, 6.07) is 15.5. The number of hydrogen-bond acceptors (Lipinski definition) is 6. The molecule has 0 aliphatic heterocycles. The summed E-state index contributed by atoms with van der Waals surface area (Å²) < 4.78 is 31.2. The van der Waals surface area contributed by atoms with Gasteiger partial charge in [0.1, 0.15) is 5.88 Å². The fourth-order valence-electron chi connectivity index (χ4n) is 3.11. The monoisotopic (exact) mass is 430 g/mol. The van der Waals surface area contributed by atoms with E-state index in [1.165, 1.54) is 6.20 Å². The minimum absolute atomic E-state index is 0.0922. The SMILES string of the molecule is O=C(c1ccc(N(Cl)CS(=O)(=O)Cc2ccccc2)cc1)c1cnoc1C1CC1. The Bertz CT molecular complexity index is 1110. The molecule has 0 radical (unpaired) electrons. The molecule has 2 aromatic carbocycles. The standard InChI is InChI=1S/C21H19ClN2O4S/c22-24(14-29(26,27)13-15-4-2-1-3-5-15)18-10-8-16(9-11-18)20(25)19-12-23-28-21(19)17-6-7-17/h1-5,8-12,17H,6-7,13-14H2. The third-order valence-electron chi connectivity index (χ3n) is 4.74. The van der Waals surface area contributed by atoms with Crippen molar-refractivity contribution in [3.05, 3.63) is 83.2 Å². The highest BCUT2D eigenvalue weighted by molar-refractivity contribution is 7.90. The molecule has 0 N–H and O–H groups in total. The Labute approximate surface area is 174 Å². The summed E-state index contributed by atoms with van der Waals surface area (Å²) >= 11 is 6.21. The van der Waals surface area contributed by atoms with E-state index in [1.54, 1.807) is 48.5 Å². The molecule has 0 amide bonds. The number of benzene rings is 2. The van der Waals surface area contributed by atoms with Crippen LogP contribution in [0.4, 0.5) is 5.69 Å². The molecular formula is C21H19ClN2O4S. The Balaban J connectivity index is 1.44. The zero-order chi connectivity index (χ0) is 20.4. The minimum atomic E-state index is -3.45. The Hall–Kier alpha value is -2.64. The first-order chi connectivity index (χ1) is 13.9. The van der Waals surface area contributed by atoms with E-state index >= 15 is 0 Å². The summed E-state index contributed by atoms with van der Waals surface area (Å²) in [4.78, 5) is 12.7. The smallest absolute Gasteiger partial charge is 0.198 e. The first-order valence-electron chi connectivity index (χ1n) is 9.20. The van der Waals surface area contributed by atoms with Crippen LogP contribution >= 0.6 is 11.8 Å². The second-order valence-corrected chi connectivity index (χ2v) is 9.56. The average Bonchev–Trinajstić information content (AvgIpc) is 3.44. The van der Waals surface area contributed by atoms with E-state index in [0.717, 1.165) is 17.3 Å². The number of rotatable bonds is 8. The van der Waals surface area contributed by atoms with Gasteiger partial charge in [-0.2, -0.15) is 0 Å². The number of halogens is 1. The number of anilines is 1. The quantitative estimate of drug-likeness (QED) is 0.391. The van der Waals surface area contributed by atoms with Crippen molar-refractivity contribution in [3.8, 4) is 0 Å². The van der Waals surface area contributed by atoms with Crippen molar-refractivity contribution in [1.82, 2.24) is 5.16 Å². The maximum absolute atomic E-state index is 12.7. The van der Waals surface area contributed by atoms with Gasteiger partial charge in [0.2, 0.25) is 0 Å². The number of carbonyl (C=O) groups is 1. The summed E-state index contributed by atoms with van der Waals surface area (Å²) in [6.45, 7) is 0. The number of hydrogen-bond donors (Lipinski definition) is 0. The van der Waals surface area contributed by atoms with E-state index in [9.17, 15) is 13.2 Å². The van der Waals surface area contributed by atoms with Gasteiger partial charge in [-0.15, -0.1) is 0 Å². The van der Waals surface area contributed by atoms with Crippen molar-refractivity contribution in [2.75, 3.05) is 10.3 Å². The van der Waals surface area contributed by atoms with E-state index in [1.807, 2.05) is 6.07 Å². The highest BCUT2D eigenvalue weighted by atomic mass is 35.5. The van der Waals surface area contributed by atoms with Crippen LogP contribution < -0.4 is 4.42 Å². The summed E-state index contributed by atoms with van der Waals surface area (Å²) in [7, 11) is -3.45. The van der Waals surface area contributed by atoms with Gasteiger partial charge in [0.25, 0.3) is 0 Å². The van der Waals surface area contributed by atoms with E-state index in [0.29, 0.717) is 28.1 Å². The van der Waals surface area contributed by atoms with Crippen molar-refractivity contribution in [1.29, 1.82) is 0 Å². The summed E-state index contributed by atoms with van der Waals surface area (Å²) in [6.07, 6.45) is 3.47. The van der Waals surface area contributed by atoms with Crippen molar-refractivity contribution in [2.24, 2.45) is 0 Å². The Morgan fingerprint density at radius 3 is 2.45 bits per heavy atom. The summed E-state index contributed by atoms with van der Waals surface area (Å²) in [5.74, 6) is 0.325. The van der Waals surface area contributed by atoms with Gasteiger partial charge in [-0.25, -0.2) is 8.42 Å². The van der Waals surface area contributed by atoms with E-state index in [4.69, 9.17) is 16.3 Å². The molecule has 1 aromatic heterocycles. The average molecular weight is 431 g/mol. The predicted molar refractivity (Wildman–Crippen MR) is 111 cm³/mol. The number of aromatic nitrogens is 1. The molecule has 0 saturated heterocycles. The zero-order valence-electron chi connectivity index (χ0n) is 15.5. The molecule has 1 aliphatic carbocycles. The molecule has 150 valence electrons. The molecule has 1 saturated carbocycles. The fraction of sp³-hybridized carbons (Fsp3) is 0.238. The first-order valence-corrected chi connectivity index (χ1v) is 11.4.